The summed E-state index contributed by atoms with van der Waals surface area (Å²) >= 11 is 0. The molecule has 2 aromatic carbocycles. The van der Waals surface area contributed by atoms with Crippen LogP contribution in [-0.2, 0) is 11.0 Å². The number of nitrogens with two attached hydrogens (primary N) is 1. The molecule has 0 aliphatic heterocycles. The summed E-state index contributed by atoms with van der Waals surface area (Å²) in [5, 5.41) is 16.1. The van der Waals surface area contributed by atoms with E-state index >= 15 is 4.39 Å². The van der Waals surface area contributed by atoms with Crippen LogP contribution in [-0.4, -0.2) is 30.8 Å². The minimum absolute atomic E-state index is 0.0354. The second kappa shape index (κ2) is 8.78. The molecule has 1 amide bonds. The van der Waals surface area contributed by atoms with Crippen molar-refractivity contribution in [3.63, 3.8) is 0 Å². The Balaban J connectivity index is 1.67. The van der Waals surface area contributed by atoms with Gasteiger partial charge in [-0.05, 0) is 49.7 Å². The molecule has 0 unspecified atom stereocenters. The summed E-state index contributed by atoms with van der Waals surface area (Å²) in [5.74, 6) is -5.49. The Morgan fingerprint density at radius 1 is 1.08 bits per heavy atom. The zero-order chi connectivity index (χ0) is 26.5. The van der Waals surface area contributed by atoms with Gasteiger partial charge in [-0.15, -0.1) is 0 Å². The molecule has 0 spiro atoms. The number of aromatic nitrogens is 4. The SMILES string of the molecule is Cc1nc(N)c2c(n1)c(C)nn2-c1ccc(NC(=O)[C@H](O)c2cc(F)cc(C(F)(F)F)c2)c(F)c1F. The molecule has 0 radical (unpaired) electrons. The highest BCUT2D eigenvalue weighted by Crippen LogP contribution is 2.33. The molecule has 1 atom stereocenters. The van der Waals surface area contributed by atoms with Crippen LogP contribution >= 0.6 is 0 Å². The molecule has 2 heterocycles. The smallest absolute Gasteiger partial charge is 0.382 e. The lowest BCUT2D eigenvalue weighted by atomic mass is 10.0. The fraction of sp³-hybridized carbons (Fsp3) is 0.182. The van der Waals surface area contributed by atoms with Crippen molar-refractivity contribution < 1.29 is 36.2 Å². The quantitative estimate of drug-likeness (QED) is 0.356. The number of benzene rings is 2. The predicted octanol–water partition coefficient (Wildman–Crippen LogP) is 4.12. The van der Waals surface area contributed by atoms with Crippen LogP contribution in [0.1, 0.15) is 28.7 Å². The lowest BCUT2D eigenvalue weighted by molar-refractivity contribution is -0.138. The average molecular weight is 510 g/mol. The third-order valence-corrected chi connectivity index (χ3v) is 5.19. The maximum Gasteiger partial charge on any atom is 0.416 e. The Labute approximate surface area is 198 Å². The number of aryl methyl sites for hydroxylation is 2. The van der Waals surface area contributed by atoms with Crippen LogP contribution in [0, 0.1) is 31.3 Å². The zero-order valence-corrected chi connectivity index (χ0v) is 18.5. The molecule has 0 bridgehead atoms. The number of carbonyl (C=O) groups is 1. The number of hydrogen-bond donors (Lipinski definition) is 3. The second-order valence-electron chi connectivity index (χ2n) is 7.77. The van der Waals surface area contributed by atoms with Gasteiger partial charge >= 0.3 is 6.18 Å². The van der Waals surface area contributed by atoms with Crippen LogP contribution in [0.25, 0.3) is 16.7 Å². The number of nitrogen functional groups attached to an aromatic ring is 1. The molecular formula is C22H16F6N6O2. The van der Waals surface area contributed by atoms with Crippen LogP contribution in [0.2, 0.25) is 0 Å². The zero-order valence-electron chi connectivity index (χ0n) is 18.5. The second-order valence-corrected chi connectivity index (χ2v) is 7.77. The van der Waals surface area contributed by atoms with Gasteiger partial charge in [0.25, 0.3) is 5.91 Å². The minimum Gasteiger partial charge on any atom is -0.382 e. The summed E-state index contributed by atoms with van der Waals surface area (Å²) in [7, 11) is 0. The summed E-state index contributed by atoms with van der Waals surface area (Å²) in [5.41, 5.74) is 3.40. The first-order valence-corrected chi connectivity index (χ1v) is 10.1. The van der Waals surface area contributed by atoms with Gasteiger partial charge in [0.15, 0.2) is 23.6 Å². The summed E-state index contributed by atoms with van der Waals surface area (Å²) in [6, 6.07) is 3.06. The third-order valence-electron chi connectivity index (χ3n) is 5.19. The highest BCUT2D eigenvalue weighted by molar-refractivity contribution is 5.95. The monoisotopic (exact) mass is 510 g/mol. The Hall–Kier alpha value is -4.20. The van der Waals surface area contributed by atoms with Crippen molar-refractivity contribution in [1.82, 2.24) is 19.7 Å². The topological polar surface area (TPSA) is 119 Å². The standard InChI is InChI=1S/C22H16F6N6O2/c1-8-17-18(20(29)31-9(2)30-17)34(33-8)14-4-3-13(15(24)16(14)25)32-21(36)19(35)10-5-11(22(26,27)28)7-12(23)6-10/h3-7,19,35H,1-2H3,(H,32,36)(H2,29,30,31)/t19-/m1/s1. The van der Waals surface area contributed by atoms with E-state index in [9.17, 15) is 31.9 Å². The van der Waals surface area contributed by atoms with Crippen LogP contribution in [0.5, 0.6) is 0 Å². The van der Waals surface area contributed by atoms with E-state index in [1.54, 1.807) is 13.8 Å². The van der Waals surface area contributed by atoms with Crippen molar-refractivity contribution in [2.75, 3.05) is 11.1 Å². The number of carbonyl (C=O) groups excluding carboxylic acids is 1. The molecule has 4 aromatic rings. The Morgan fingerprint density at radius 3 is 2.44 bits per heavy atom. The van der Waals surface area contributed by atoms with E-state index in [0.717, 1.165) is 16.8 Å². The Kier molecular flexibility index (Phi) is 6.08. The van der Waals surface area contributed by atoms with E-state index in [1.807, 2.05) is 5.32 Å². The molecule has 4 rings (SSSR count). The molecule has 0 fully saturated rings. The van der Waals surface area contributed by atoms with Gasteiger partial charge in [-0.25, -0.2) is 27.8 Å². The number of anilines is 2. The molecule has 8 nitrogen and oxygen atoms in total. The van der Waals surface area contributed by atoms with E-state index in [0.29, 0.717) is 29.2 Å². The van der Waals surface area contributed by atoms with E-state index in [-0.39, 0.29) is 17.4 Å². The maximum atomic E-state index is 15.0. The van der Waals surface area contributed by atoms with Crippen molar-refractivity contribution in [2.24, 2.45) is 0 Å². The summed E-state index contributed by atoms with van der Waals surface area (Å²) < 4.78 is 83.2. The highest BCUT2D eigenvalue weighted by Gasteiger charge is 2.33. The van der Waals surface area contributed by atoms with E-state index in [2.05, 4.69) is 15.1 Å². The fourth-order valence-corrected chi connectivity index (χ4v) is 3.56. The lowest BCUT2D eigenvalue weighted by Crippen LogP contribution is -2.22. The normalized spacial score (nSPS) is 12.7. The van der Waals surface area contributed by atoms with Gasteiger partial charge in [-0.3, -0.25) is 4.79 Å². The van der Waals surface area contributed by atoms with Crippen LogP contribution in [0.3, 0.4) is 0 Å². The predicted molar refractivity (Wildman–Crippen MR) is 115 cm³/mol. The van der Waals surface area contributed by atoms with Gasteiger partial charge < -0.3 is 16.2 Å². The van der Waals surface area contributed by atoms with Gasteiger partial charge in [0.1, 0.15) is 28.4 Å². The van der Waals surface area contributed by atoms with Crippen LogP contribution in [0.4, 0.5) is 37.8 Å². The molecular weight excluding hydrogens is 494 g/mol. The largest absolute Gasteiger partial charge is 0.416 e. The lowest BCUT2D eigenvalue weighted by Gasteiger charge is -2.15. The molecule has 0 saturated heterocycles. The number of halogens is 6. The van der Waals surface area contributed by atoms with Gasteiger partial charge in [0, 0.05) is 0 Å². The highest BCUT2D eigenvalue weighted by atomic mass is 19.4. The Morgan fingerprint density at radius 2 is 1.78 bits per heavy atom. The van der Waals surface area contributed by atoms with Gasteiger partial charge in [0.05, 0.1) is 16.9 Å². The maximum absolute atomic E-state index is 15.0. The molecule has 0 saturated carbocycles. The van der Waals surface area contributed by atoms with E-state index < -0.39 is 58.1 Å². The third kappa shape index (κ3) is 4.42. The van der Waals surface area contributed by atoms with E-state index in [1.165, 1.54) is 0 Å². The number of aliphatic hydroxyl groups is 1. The average Bonchev–Trinajstić information content (AvgIpc) is 3.11. The van der Waals surface area contributed by atoms with Gasteiger partial charge in [0.2, 0.25) is 0 Å². The fourth-order valence-electron chi connectivity index (χ4n) is 3.56. The summed E-state index contributed by atoms with van der Waals surface area (Å²) in [6.45, 7) is 3.16. The number of nitrogens with zero attached hydrogens (tertiary/aromatic N) is 4. The number of amides is 1. The summed E-state index contributed by atoms with van der Waals surface area (Å²) in [6.07, 6.45) is -7.26. The number of fused-ring (bicyclic) bond motifs is 1. The molecule has 36 heavy (non-hydrogen) atoms. The van der Waals surface area contributed by atoms with E-state index in [4.69, 9.17) is 5.73 Å². The number of rotatable bonds is 4. The van der Waals surface area contributed by atoms with Crippen molar-refractivity contribution in [3.8, 4) is 5.69 Å². The molecule has 0 aliphatic carbocycles. The minimum atomic E-state index is -4.94. The van der Waals surface area contributed by atoms with Crippen molar-refractivity contribution in [3.05, 3.63) is 70.4 Å². The van der Waals surface area contributed by atoms with Crippen LogP contribution in [0.15, 0.2) is 30.3 Å². The number of aliphatic hydroxyl groups excluding tert-OH is 1. The van der Waals surface area contributed by atoms with Crippen molar-refractivity contribution in [1.29, 1.82) is 0 Å². The van der Waals surface area contributed by atoms with Crippen LogP contribution < -0.4 is 11.1 Å². The molecule has 4 N–H and O–H groups in total. The number of hydrogen-bond acceptors (Lipinski definition) is 6. The van der Waals surface area contributed by atoms with Gasteiger partial charge in [-0.2, -0.15) is 18.3 Å². The summed E-state index contributed by atoms with van der Waals surface area (Å²) in [4.78, 5) is 20.5. The number of nitrogens with one attached hydrogen (secondary N) is 1. The first-order chi connectivity index (χ1) is 16.8. The number of alkyl halides is 3. The van der Waals surface area contributed by atoms with Gasteiger partial charge in [-0.1, -0.05) is 0 Å². The van der Waals surface area contributed by atoms with Crippen molar-refractivity contribution in [2.45, 2.75) is 26.1 Å². The molecule has 188 valence electrons. The first kappa shape index (κ1) is 24.9. The van der Waals surface area contributed by atoms with Crippen molar-refractivity contribution >= 4 is 28.4 Å². The molecule has 2 aromatic heterocycles. The molecule has 14 heteroatoms. The molecule has 0 aliphatic rings. The Bertz CT molecular complexity index is 1520. The first-order valence-electron chi connectivity index (χ1n) is 10.1.